The summed E-state index contributed by atoms with van der Waals surface area (Å²) in [7, 11) is 0. The highest BCUT2D eigenvalue weighted by Crippen LogP contribution is 2.34. The first-order chi connectivity index (χ1) is 10.4. The fourth-order valence-corrected chi connectivity index (χ4v) is 2.83. The molecule has 3 heterocycles. The van der Waals surface area contributed by atoms with Gasteiger partial charge in [-0.05, 0) is 31.2 Å². The molecule has 0 saturated carbocycles. The van der Waals surface area contributed by atoms with Crippen molar-refractivity contribution in [1.29, 1.82) is 0 Å². The Kier molecular flexibility index (Phi) is 3.40. The van der Waals surface area contributed by atoms with Crippen LogP contribution in [0.1, 0.15) is 26.8 Å². The molecule has 4 nitrogen and oxygen atoms in total. The number of allylic oxidation sites excluding steroid dienone is 1. The number of ketones is 1. The van der Waals surface area contributed by atoms with Crippen molar-refractivity contribution in [2.75, 3.05) is 0 Å². The summed E-state index contributed by atoms with van der Waals surface area (Å²) in [5.74, 6) is -0.452. The molecule has 0 unspecified atom stereocenters. The van der Waals surface area contributed by atoms with Gasteiger partial charge in [-0.1, -0.05) is 0 Å². The number of furan rings is 1. The maximum Gasteiger partial charge on any atom is 0.435 e. The van der Waals surface area contributed by atoms with Crippen molar-refractivity contribution in [2.24, 2.45) is 0 Å². The highest BCUT2D eigenvalue weighted by Gasteiger charge is 2.37. The maximum absolute atomic E-state index is 13.1. The van der Waals surface area contributed by atoms with Crippen LogP contribution in [-0.2, 0) is 6.18 Å². The van der Waals surface area contributed by atoms with Gasteiger partial charge >= 0.3 is 6.18 Å². The van der Waals surface area contributed by atoms with E-state index in [1.807, 2.05) is 0 Å². The number of nitrogens with zero attached hydrogens (tertiary/aromatic N) is 2. The van der Waals surface area contributed by atoms with Crippen LogP contribution >= 0.6 is 11.3 Å². The van der Waals surface area contributed by atoms with Gasteiger partial charge in [0.15, 0.2) is 16.4 Å². The number of thiazole rings is 1. The van der Waals surface area contributed by atoms with Crippen LogP contribution in [-0.4, -0.2) is 15.2 Å². The number of rotatable bonds is 3. The molecule has 3 aromatic rings. The summed E-state index contributed by atoms with van der Waals surface area (Å²) in [6.45, 7) is 1.77. The van der Waals surface area contributed by atoms with Crippen LogP contribution in [0, 0.1) is 6.92 Å². The minimum absolute atomic E-state index is 0.0621. The van der Waals surface area contributed by atoms with E-state index < -0.39 is 17.7 Å². The predicted octanol–water partition coefficient (Wildman–Crippen LogP) is 4.21. The Labute approximate surface area is 126 Å². The highest BCUT2D eigenvalue weighted by molar-refractivity contribution is 7.17. The number of imidazole rings is 1. The molecule has 0 N–H and O–H groups in total. The van der Waals surface area contributed by atoms with Gasteiger partial charge in [0.1, 0.15) is 0 Å². The second-order valence-corrected chi connectivity index (χ2v) is 5.73. The standard InChI is InChI=1S/C14H9F3N2O2S/c1-8-7-19-9(4-5-10(20)11-3-2-6-21-11)12(14(15,16)17)18-13(19)22-8/h2-7H,1H3. The van der Waals surface area contributed by atoms with Gasteiger partial charge in [-0.2, -0.15) is 13.2 Å². The minimum atomic E-state index is -4.59. The summed E-state index contributed by atoms with van der Waals surface area (Å²) < 4.78 is 45.4. The number of alkyl halides is 3. The van der Waals surface area contributed by atoms with E-state index in [0.29, 0.717) is 0 Å². The topological polar surface area (TPSA) is 47.5 Å². The molecule has 114 valence electrons. The summed E-state index contributed by atoms with van der Waals surface area (Å²) in [5, 5.41) is 0. The van der Waals surface area contributed by atoms with Gasteiger partial charge in [-0.15, -0.1) is 11.3 Å². The molecule has 0 aliphatic carbocycles. The van der Waals surface area contributed by atoms with Crippen molar-refractivity contribution in [2.45, 2.75) is 13.1 Å². The Bertz CT molecular complexity index is 857. The lowest BCUT2D eigenvalue weighted by atomic mass is 10.2. The largest absolute Gasteiger partial charge is 0.461 e. The number of carbonyl (C=O) groups is 1. The first-order valence-electron chi connectivity index (χ1n) is 6.18. The van der Waals surface area contributed by atoms with Crippen molar-refractivity contribution < 1.29 is 22.4 Å². The second kappa shape index (κ2) is 5.13. The first-order valence-corrected chi connectivity index (χ1v) is 6.99. The van der Waals surface area contributed by atoms with E-state index in [1.165, 1.54) is 22.8 Å². The Morgan fingerprint density at radius 2 is 2.23 bits per heavy atom. The zero-order chi connectivity index (χ0) is 15.9. The zero-order valence-electron chi connectivity index (χ0n) is 11.2. The van der Waals surface area contributed by atoms with Gasteiger partial charge in [0.05, 0.1) is 12.0 Å². The number of aryl methyl sites for hydroxylation is 1. The third kappa shape index (κ3) is 2.57. The molecule has 0 aromatic carbocycles. The molecule has 3 aromatic heterocycles. The van der Waals surface area contributed by atoms with E-state index in [4.69, 9.17) is 4.42 Å². The first kappa shape index (κ1) is 14.6. The quantitative estimate of drug-likeness (QED) is 0.535. The number of hydrogen-bond donors (Lipinski definition) is 0. The van der Waals surface area contributed by atoms with Crippen molar-refractivity contribution in [1.82, 2.24) is 9.38 Å². The SMILES string of the molecule is Cc1cn2c(C=CC(=O)c3ccco3)c(C(F)(F)F)nc2s1. The second-order valence-electron chi connectivity index (χ2n) is 4.51. The summed E-state index contributed by atoms with van der Waals surface area (Å²) in [6, 6.07) is 2.97. The molecule has 0 saturated heterocycles. The number of halogens is 3. The van der Waals surface area contributed by atoms with Crippen LogP contribution in [0.3, 0.4) is 0 Å². The van der Waals surface area contributed by atoms with E-state index in [9.17, 15) is 18.0 Å². The maximum atomic E-state index is 13.1. The normalized spacial score (nSPS) is 12.5. The number of carbonyl (C=O) groups excluding carboxylic acids is 1. The number of aromatic nitrogens is 2. The van der Waals surface area contributed by atoms with Gasteiger partial charge in [0, 0.05) is 11.1 Å². The molecule has 0 bridgehead atoms. The molecule has 3 rings (SSSR count). The monoisotopic (exact) mass is 326 g/mol. The van der Waals surface area contributed by atoms with Crippen molar-refractivity contribution in [3.05, 3.63) is 52.7 Å². The Morgan fingerprint density at radius 3 is 2.86 bits per heavy atom. The van der Waals surface area contributed by atoms with Crippen LogP contribution in [0.15, 0.2) is 35.1 Å². The van der Waals surface area contributed by atoms with Crippen molar-refractivity contribution in [3.63, 3.8) is 0 Å². The number of hydrogen-bond acceptors (Lipinski definition) is 4. The average Bonchev–Trinajstić information content (AvgIpc) is 3.10. The average molecular weight is 326 g/mol. The summed E-state index contributed by atoms with van der Waals surface area (Å²) >= 11 is 1.15. The predicted molar refractivity (Wildman–Crippen MR) is 74.9 cm³/mol. The summed E-state index contributed by atoms with van der Waals surface area (Å²) in [4.78, 5) is 16.5. The lowest BCUT2D eigenvalue weighted by molar-refractivity contribution is -0.140. The van der Waals surface area contributed by atoms with E-state index in [-0.39, 0.29) is 16.4 Å². The smallest absolute Gasteiger partial charge is 0.435 e. The molecule has 0 aliphatic heterocycles. The fraction of sp³-hybridized carbons (Fsp3) is 0.143. The molecule has 0 fully saturated rings. The van der Waals surface area contributed by atoms with E-state index in [1.54, 1.807) is 13.1 Å². The van der Waals surface area contributed by atoms with Gasteiger partial charge in [-0.3, -0.25) is 9.20 Å². The fourth-order valence-electron chi connectivity index (χ4n) is 2.00. The minimum Gasteiger partial charge on any atom is -0.461 e. The van der Waals surface area contributed by atoms with Crippen molar-refractivity contribution >= 4 is 28.2 Å². The van der Waals surface area contributed by atoms with Gasteiger partial charge in [-0.25, -0.2) is 4.98 Å². The van der Waals surface area contributed by atoms with Crippen LogP contribution in [0.2, 0.25) is 0 Å². The van der Waals surface area contributed by atoms with Crippen LogP contribution in [0.25, 0.3) is 11.0 Å². The van der Waals surface area contributed by atoms with E-state index >= 15 is 0 Å². The van der Waals surface area contributed by atoms with Crippen LogP contribution in [0.5, 0.6) is 0 Å². The molecule has 8 heteroatoms. The molecular formula is C14H9F3N2O2S. The highest BCUT2D eigenvalue weighted by atomic mass is 32.1. The van der Waals surface area contributed by atoms with Crippen LogP contribution < -0.4 is 0 Å². The Hall–Kier alpha value is -2.35. The lowest BCUT2D eigenvalue weighted by Gasteiger charge is -2.03. The molecule has 0 spiro atoms. The number of fused-ring (bicyclic) bond motifs is 1. The zero-order valence-corrected chi connectivity index (χ0v) is 12.0. The molecule has 0 radical (unpaired) electrons. The van der Waals surface area contributed by atoms with Gasteiger partial charge in [0.25, 0.3) is 0 Å². The third-order valence-electron chi connectivity index (χ3n) is 2.90. The van der Waals surface area contributed by atoms with Gasteiger partial charge in [0.2, 0.25) is 5.78 Å². The molecule has 0 amide bonds. The third-order valence-corrected chi connectivity index (χ3v) is 3.80. The molecule has 22 heavy (non-hydrogen) atoms. The van der Waals surface area contributed by atoms with Crippen LogP contribution in [0.4, 0.5) is 13.2 Å². The molecule has 0 aliphatic rings. The Morgan fingerprint density at radius 1 is 1.45 bits per heavy atom. The lowest BCUT2D eigenvalue weighted by Crippen LogP contribution is -2.08. The molecular weight excluding hydrogens is 317 g/mol. The van der Waals surface area contributed by atoms with E-state index in [2.05, 4.69) is 4.98 Å². The van der Waals surface area contributed by atoms with E-state index in [0.717, 1.165) is 28.4 Å². The van der Waals surface area contributed by atoms with Gasteiger partial charge < -0.3 is 4.42 Å². The molecule has 0 atom stereocenters. The Balaban J connectivity index is 2.06. The summed E-state index contributed by atoms with van der Waals surface area (Å²) in [6.07, 6.45) is 0.443. The van der Waals surface area contributed by atoms with Crippen molar-refractivity contribution in [3.8, 4) is 0 Å². The summed E-state index contributed by atoms with van der Waals surface area (Å²) in [5.41, 5.74) is -1.19.